The summed E-state index contributed by atoms with van der Waals surface area (Å²) in [5.41, 5.74) is 2.01. The van der Waals surface area contributed by atoms with Crippen LogP contribution in [0.1, 0.15) is 35.7 Å². The highest BCUT2D eigenvalue weighted by molar-refractivity contribution is 7.92. The Morgan fingerprint density at radius 2 is 1.91 bits per heavy atom. The number of ether oxygens (including phenoxy) is 1. The Bertz CT molecular complexity index is 1270. The number of hydrogen-bond acceptors (Lipinski definition) is 6. The lowest BCUT2D eigenvalue weighted by atomic mass is 10.1. The fraction of sp³-hybridized carbons (Fsp3) is 0.318. The van der Waals surface area contributed by atoms with E-state index < -0.39 is 10.0 Å². The Balaban J connectivity index is 1.76. The lowest BCUT2D eigenvalue weighted by molar-refractivity contribution is 0.0651. The van der Waals surface area contributed by atoms with Crippen LogP contribution < -0.4 is 9.46 Å². The van der Waals surface area contributed by atoms with Crippen LogP contribution >= 0.6 is 11.6 Å². The van der Waals surface area contributed by atoms with Gasteiger partial charge in [-0.1, -0.05) is 31.0 Å². The average molecular weight is 490 g/mol. The first kappa shape index (κ1) is 23.1. The van der Waals surface area contributed by atoms with E-state index in [4.69, 9.17) is 16.3 Å². The van der Waals surface area contributed by atoms with Gasteiger partial charge in [0.1, 0.15) is 4.90 Å². The van der Waals surface area contributed by atoms with Crippen molar-refractivity contribution < 1.29 is 17.9 Å². The molecule has 1 aliphatic rings. The smallest absolute Gasteiger partial charge is 0.265 e. The quantitative estimate of drug-likeness (QED) is 0.518. The molecule has 1 N–H and O–H groups in total. The molecule has 0 unspecified atom stereocenters. The van der Waals surface area contributed by atoms with Gasteiger partial charge < -0.3 is 9.64 Å². The van der Waals surface area contributed by atoms with Gasteiger partial charge >= 0.3 is 0 Å². The Hall–Kier alpha value is -3.11. The summed E-state index contributed by atoms with van der Waals surface area (Å²) in [4.78, 5) is 15.6. The number of methoxy groups -OCH3 is 1. The van der Waals surface area contributed by atoms with Crippen molar-refractivity contribution in [1.29, 1.82) is 0 Å². The van der Waals surface area contributed by atoms with Crippen molar-refractivity contribution >= 4 is 33.2 Å². The molecule has 1 aromatic heterocycles. The Morgan fingerprint density at radius 3 is 2.52 bits per heavy atom. The molecule has 1 fully saturated rings. The molecule has 3 aromatic rings. The Kier molecular flexibility index (Phi) is 6.57. The molecule has 0 atom stereocenters. The largest absolute Gasteiger partial charge is 0.494 e. The number of carbonyl (C=O) groups excluding carboxylic acids is 1. The van der Waals surface area contributed by atoms with Gasteiger partial charge in [-0.15, -0.1) is 0 Å². The molecular weight excluding hydrogens is 466 g/mol. The van der Waals surface area contributed by atoms with Gasteiger partial charge in [0.15, 0.2) is 5.75 Å². The summed E-state index contributed by atoms with van der Waals surface area (Å²) in [6.45, 7) is 3.28. The summed E-state index contributed by atoms with van der Waals surface area (Å²) in [5, 5.41) is 8.26. The molecule has 1 saturated heterocycles. The number of amides is 1. The zero-order valence-corrected chi connectivity index (χ0v) is 19.9. The molecule has 4 rings (SSSR count). The van der Waals surface area contributed by atoms with Gasteiger partial charge in [0.25, 0.3) is 15.9 Å². The predicted octanol–water partition coefficient (Wildman–Crippen LogP) is 3.53. The van der Waals surface area contributed by atoms with Gasteiger partial charge in [-0.3, -0.25) is 9.52 Å². The minimum absolute atomic E-state index is 0.0220. The first-order chi connectivity index (χ1) is 15.8. The van der Waals surface area contributed by atoms with Gasteiger partial charge in [0.05, 0.1) is 35.9 Å². The standard InChI is InChI=1S/C22H24ClN5O4S/c1-3-5-15-6-7-17(28-24-8-9-25-28)14-19(15)26-33(30,31)20-13-16(12-18(23)21(20)32-2)22(29)27-10-4-11-27/h6-9,12-14,26H,3-5,10-11H2,1-2H3. The predicted molar refractivity (Wildman–Crippen MR) is 125 cm³/mol. The first-order valence-electron chi connectivity index (χ1n) is 10.5. The second-order valence-corrected chi connectivity index (χ2v) is 9.71. The number of aromatic nitrogens is 3. The molecule has 0 spiro atoms. The van der Waals surface area contributed by atoms with Crippen LogP contribution in [0.3, 0.4) is 0 Å². The number of nitrogens with zero attached hydrogens (tertiary/aromatic N) is 4. The minimum atomic E-state index is -4.16. The zero-order valence-electron chi connectivity index (χ0n) is 18.3. The molecule has 0 saturated carbocycles. The van der Waals surface area contributed by atoms with E-state index in [1.165, 1.54) is 36.4 Å². The number of anilines is 1. The van der Waals surface area contributed by atoms with Crippen LogP contribution in [0.15, 0.2) is 47.6 Å². The molecule has 33 heavy (non-hydrogen) atoms. The molecule has 2 aromatic carbocycles. The van der Waals surface area contributed by atoms with E-state index in [1.807, 2.05) is 19.1 Å². The monoisotopic (exact) mass is 489 g/mol. The molecule has 9 nitrogen and oxygen atoms in total. The number of aryl methyl sites for hydroxylation is 1. The normalized spacial score (nSPS) is 13.5. The van der Waals surface area contributed by atoms with Crippen molar-refractivity contribution in [3.05, 3.63) is 58.9 Å². The van der Waals surface area contributed by atoms with Crippen molar-refractivity contribution in [1.82, 2.24) is 19.9 Å². The average Bonchev–Trinajstić information content (AvgIpc) is 3.28. The number of halogens is 1. The third kappa shape index (κ3) is 4.67. The number of likely N-dealkylation sites (tertiary alicyclic amines) is 1. The minimum Gasteiger partial charge on any atom is -0.494 e. The molecular formula is C22H24ClN5O4S. The topological polar surface area (TPSA) is 106 Å². The van der Waals surface area contributed by atoms with E-state index in [9.17, 15) is 13.2 Å². The molecule has 174 valence electrons. The van der Waals surface area contributed by atoms with Crippen LogP contribution in [0.2, 0.25) is 5.02 Å². The van der Waals surface area contributed by atoms with Gasteiger partial charge in [0, 0.05) is 18.7 Å². The summed E-state index contributed by atoms with van der Waals surface area (Å²) < 4.78 is 35.0. The van der Waals surface area contributed by atoms with E-state index in [2.05, 4.69) is 14.9 Å². The highest BCUT2D eigenvalue weighted by Gasteiger charge is 2.28. The maximum atomic E-state index is 13.5. The lowest BCUT2D eigenvalue weighted by Crippen LogP contribution is -2.42. The molecule has 0 bridgehead atoms. The third-order valence-corrected chi connectivity index (χ3v) is 7.05. The number of carbonyl (C=O) groups is 1. The van der Waals surface area contributed by atoms with Crippen molar-refractivity contribution in [3.63, 3.8) is 0 Å². The van der Waals surface area contributed by atoms with E-state index in [0.29, 0.717) is 30.9 Å². The van der Waals surface area contributed by atoms with Crippen LogP contribution in [-0.4, -0.2) is 54.4 Å². The van der Waals surface area contributed by atoms with Gasteiger partial charge in [-0.05, 0) is 42.7 Å². The summed E-state index contributed by atoms with van der Waals surface area (Å²) in [6.07, 6.45) is 5.48. The Labute approximate surface area is 197 Å². The highest BCUT2D eigenvalue weighted by Crippen LogP contribution is 2.36. The fourth-order valence-corrected chi connectivity index (χ4v) is 5.27. The van der Waals surface area contributed by atoms with E-state index in [-0.39, 0.29) is 27.1 Å². The molecule has 2 heterocycles. The van der Waals surface area contributed by atoms with Crippen LogP contribution in [0, 0.1) is 0 Å². The summed E-state index contributed by atoms with van der Waals surface area (Å²) in [6, 6.07) is 8.09. The second-order valence-electron chi connectivity index (χ2n) is 7.65. The maximum absolute atomic E-state index is 13.5. The van der Waals surface area contributed by atoms with Crippen molar-refractivity contribution in [2.75, 3.05) is 24.9 Å². The number of sulfonamides is 1. The van der Waals surface area contributed by atoms with Crippen molar-refractivity contribution in [3.8, 4) is 11.4 Å². The first-order valence-corrected chi connectivity index (χ1v) is 12.4. The highest BCUT2D eigenvalue weighted by atomic mass is 35.5. The van der Waals surface area contributed by atoms with Crippen LogP contribution in [-0.2, 0) is 16.4 Å². The number of nitrogens with one attached hydrogen (secondary N) is 1. The van der Waals surface area contributed by atoms with E-state index >= 15 is 0 Å². The van der Waals surface area contributed by atoms with Crippen LogP contribution in [0.5, 0.6) is 5.75 Å². The number of benzene rings is 2. The maximum Gasteiger partial charge on any atom is 0.265 e. The molecule has 1 aliphatic heterocycles. The zero-order chi connectivity index (χ0) is 23.6. The molecule has 1 amide bonds. The van der Waals surface area contributed by atoms with Gasteiger partial charge in [-0.2, -0.15) is 15.0 Å². The van der Waals surface area contributed by atoms with Crippen LogP contribution in [0.25, 0.3) is 5.69 Å². The number of hydrogen-bond donors (Lipinski definition) is 1. The van der Waals surface area contributed by atoms with Crippen LogP contribution in [0.4, 0.5) is 5.69 Å². The van der Waals surface area contributed by atoms with Gasteiger partial charge in [0.2, 0.25) is 0 Å². The lowest BCUT2D eigenvalue weighted by Gasteiger charge is -2.31. The Morgan fingerprint density at radius 1 is 1.18 bits per heavy atom. The molecule has 0 radical (unpaired) electrons. The van der Waals surface area contributed by atoms with Gasteiger partial charge in [-0.25, -0.2) is 8.42 Å². The van der Waals surface area contributed by atoms with E-state index in [0.717, 1.165) is 18.4 Å². The summed E-state index contributed by atoms with van der Waals surface area (Å²) in [7, 11) is -2.82. The molecule has 11 heteroatoms. The third-order valence-electron chi connectivity index (χ3n) is 5.40. The fourth-order valence-electron chi connectivity index (χ4n) is 3.61. The second kappa shape index (κ2) is 9.40. The summed E-state index contributed by atoms with van der Waals surface area (Å²) >= 11 is 6.32. The van der Waals surface area contributed by atoms with Crippen molar-refractivity contribution in [2.24, 2.45) is 0 Å². The SMILES string of the molecule is CCCc1ccc(-n2nccn2)cc1NS(=O)(=O)c1cc(C(=O)N2CCC2)cc(Cl)c1OC. The van der Waals surface area contributed by atoms with Crippen molar-refractivity contribution in [2.45, 2.75) is 31.1 Å². The summed E-state index contributed by atoms with van der Waals surface area (Å²) in [5.74, 6) is -0.285. The molecule has 0 aliphatic carbocycles. The number of rotatable bonds is 8. The van der Waals surface area contributed by atoms with E-state index in [1.54, 1.807) is 11.0 Å².